The molecule has 6 heteroatoms. The lowest BCUT2D eigenvalue weighted by molar-refractivity contribution is 0.250. The SMILES string of the molecule is Cc1nn(C)cc1-c1ccc(N[C@@H]2C[C@@H]3CN(CCC(C)(C)C)C[C@@H]3C2)nn1. The number of likely N-dealkylation sites (tertiary alicyclic amines) is 1. The average molecular weight is 383 g/mol. The molecular formula is C22H34N6. The highest BCUT2D eigenvalue weighted by atomic mass is 15.3. The zero-order valence-electron chi connectivity index (χ0n) is 17.9. The second kappa shape index (κ2) is 7.47. The highest BCUT2D eigenvalue weighted by Gasteiger charge is 2.40. The third kappa shape index (κ3) is 4.37. The van der Waals surface area contributed by atoms with Crippen molar-refractivity contribution in [3.63, 3.8) is 0 Å². The molecule has 0 spiro atoms. The van der Waals surface area contributed by atoms with Gasteiger partial charge in [-0.2, -0.15) is 5.10 Å². The maximum Gasteiger partial charge on any atom is 0.148 e. The van der Waals surface area contributed by atoms with Crippen molar-refractivity contribution in [3.8, 4) is 11.3 Å². The minimum Gasteiger partial charge on any atom is -0.366 e. The third-order valence-corrected chi connectivity index (χ3v) is 6.31. The summed E-state index contributed by atoms with van der Waals surface area (Å²) in [6, 6.07) is 4.63. The first-order valence-corrected chi connectivity index (χ1v) is 10.6. The lowest BCUT2D eigenvalue weighted by atomic mass is 9.92. The summed E-state index contributed by atoms with van der Waals surface area (Å²) in [4.78, 5) is 2.68. The quantitative estimate of drug-likeness (QED) is 0.853. The van der Waals surface area contributed by atoms with Crippen LogP contribution in [0.5, 0.6) is 0 Å². The minimum absolute atomic E-state index is 0.432. The number of fused-ring (bicyclic) bond motifs is 1. The molecule has 2 fully saturated rings. The summed E-state index contributed by atoms with van der Waals surface area (Å²) in [5.74, 6) is 2.56. The van der Waals surface area contributed by atoms with Crippen molar-refractivity contribution in [1.82, 2.24) is 24.9 Å². The van der Waals surface area contributed by atoms with E-state index in [0.717, 1.165) is 34.6 Å². The number of aromatic nitrogens is 4. The fraction of sp³-hybridized carbons (Fsp3) is 0.682. The van der Waals surface area contributed by atoms with E-state index in [9.17, 15) is 0 Å². The van der Waals surface area contributed by atoms with Gasteiger partial charge in [0.15, 0.2) is 0 Å². The predicted octanol–water partition coefficient (Wildman–Crippen LogP) is 3.74. The molecular weight excluding hydrogens is 348 g/mol. The van der Waals surface area contributed by atoms with Crippen LogP contribution in [-0.4, -0.2) is 50.6 Å². The van der Waals surface area contributed by atoms with Crippen molar-refractivity contribution in [2.24, 2.45) is 24.3 Å². The van der Waals surface area contributed by atoms with Crippen LogP contribution in [0.25, 0.3) is 11.3 Å². The highest BCUT2D eigenvalue weighted by molar-refractivity contribution is 5.61. The Balaban J connectivity index is 1.29. The minimum atomic E-state index is 0.432. The van der Waals surface area contributed by atoms with Crippen molar-refractivity contribution >= 4 is 5.82 Å². The molecule has 2 aromatic heterocycles. The van der Waals surface area contributed by atoms with Gasteiger partial charge in [-0.15, -0.1) is 10.2 Å². The lowest BCUT2D eigenvalue weighted by Crippen LogP contribution is -2.28. The smallest absolute Gasteiger partial charge is 0.148 e. The Labute approximate surface area is 168 Å². The first-order chi connectivity index (χ1) is 13.3. The molecule has 3 atom stereocenters. The van der Waals surface area contributed by atoms with E-state index in [2.05, 4.69) is 52.4 Å². The standard InChI is InChI=1S/C22H34N6/c1-15-19(14-27(5)26-15)20-6-7-21(25-24-20)23-18-10-16-12-28(13-17(16)11-18)9-8-22(2,3)4/h6-7,14,16-18H,8-13H2,1-5H3,(H,23,25)/t16-,17+,18-. The number of hydrogen-bond donors (Lipinski definition) is 1. The Kier molecular flexibility index (Phi) is 5.17. The van der Waals surface area contributed by atoms with E-state index in [-0.39, 0.29) is 0 Å². The van der Waals surface area contributed by atoms with E-state index in [1.54, 1.807) is 0 Å². The monoisotopic (exact) mass is 382 g/mol. The van der Waals surface area contributed by atoms with E-state index in [4.69, 9.17) is 0 Å². The topological polar surface area (TPSA) is 58.9 Å². The van der Waals surface area contributed by atoms with Gasteiger partial charge in [-0.25, -0.2) is 0 Å². The molecule has 1 aliphatic carbocycles. The number of anilines is 1. The Morgan fingerprint density at radius 3 is 2.36 bits per heavy atom. The Hall–Kier alpha value is -1.95. The van der Waals surface area contributed by atoms with Crippen LogP contribution in [-0.2, 0) is 7.05 Å². The van der Waals surface area contributed by atoms with Crippen molar-refractivity contribution in [2.75, 3.05) is 25.0 Å². The molecule has 0 aromatic carbocycles. The van der Waals surface area contributed by atoms with Crippen molar-refractivity contribution in [2.45, 2.75) is 53.0 Å². The number of nitrogens with one attached hydrogen (secondary N) is 1. The number of hydrogen-bond acceptors (Lipinski definition) is 5. The number of aryl methyl sites for hydroxylation is 2. The summed E-state index contributed by atoms with van der Waals surface area (Å²) in [5.41, 5.74) is 3.35. The van der Waals surface area contributed by atoms with Gasteiger partial charge in [0.05, 0.1) is 11.4 Å². The van der Waals surface area contributed by atoms with Crippen LogP contribution in [0, 0.1) is 24.2 Å². The zero-order chi connectivity index (χ0) is 19.9. The lowest BCUT2D eigenvalue weighted by Gasteiger charge is -2.24. The average Bonchev–Trinajstić information content (AvgIpc) is 3.26. The normalized spacial score (nSPS) is 25.2. The van der Waals surface area contributed by atoms with Gasteiger partial charge in [-0.3, -0.25) is 4.68 Å². The fourth-order valence-corrected chi connectivity index (χ4v) is 4.80. The van der Waals surface area contributed by atoms with E-state index in [0.29, 0.717) is 11.5 Å². The molecule has 1 saturated carbocycles. The van der Waals surface area contributed by atoms with Gasteiger partial charge < -0.3 is 10.2 Å². The molecule has 2 aliphatic rings. The van der Waals surface area contributed by atoms with Gasteiger partial charge in [-0.05, 0) is 62.1 Å². The van der Waals surface area contributed by atoms with Crippen molar-refractivity contribution in [3.05, 3.63) is 24.0 Å². The van der Waals surface area contributed by atoms with Gasteiger partial charge in [0.2, 0.25) is 0 Å². The molecule has 0 bridgehead atoms. The van der Waals surface area contributed by atoms with E-state index < -0.39 is 0 Å². The number of nitrogens with zero attached hydrogens (tertiary/aromatic N) is 5. The molecule has 3 heterocycles. The summed E-state index contributed by atoms with van der Waals surface area (Å²) in [6.45, 7) is 12.8. The first kappa shape index (κ1) is 19.4. The Bertz CT molecular complexity index is 789. The summed E-state index contributed by atoms with van der Waals surface area (Å²) >= 11 is 0. The molecule has 0 radical (unpaired) electrons. The second-order valence-corrected chi connectivity index (χ2v) is 10.0. The molecule has 1 N–H and O–H groups in total. The van der Waals surface area contributed by atoms with Crippen LogP contribution < -0.4 is 5.32 Å². The summed E-state index contributed by atoms with van der Waals surface area (Å²) in [6.07, 6.45) is 5.78. The number of rotatable bonds is 5. The maximum atomic E-state index is 4.43. The summed E-state index contributed by atoms with van der Waals surface area (Å²) < 4.78 is 1.82. The van der Waals surface area contributed by atoms with Gasteiger partial charge in [0.25, 0.3) is 0 Å². The van der Waals surface area contributed by atoms with Crippen molar-refractivity contribution < 1.29 is 0 Å². The fourth-order valence-electron chi connectivity index (χ4n) is 4.80. The molecule has 1 saturated heterocycles. The molecule has 28 heavy (non-hydrogen) atoms. The Morgan fingerprint density at radius 1 is 1.11 bits per heavy atom. The molecule has 1 aliphatic heterocycles. The second-order valence-electron chi connectivity index (χ2n) is 10.0. The predicted molar refractivity (Wildman–Crippen MR) is 113 cm³/mol. The highest BCUT2D eigenvalue weighted by Crippen LogP contribution is 2.39. The van der Waals surface area contributed by atoms with Gasteiger partial charge in [0.1, 0.15) is 5.82 Å². The maximum absolute atomic E-state index is 4.43. The molecule has 4 rings (SSSR count). The molecule has 152 valence electrons. The van der Waals surface area contributed by atoms with E-state index in [1.165, 1.54) is 38.9 Å². The molecule has 6 nitrogen and oxygen atoms in total. The summed E-state index contributed by atoms with van der Waals surface area (Å²) in [7, 11) is 1.93. The summed E-state index contributed by atoms with van der Waals surface area (Å²) in [5, 5.41) is 16.9. The van der Waals surface area contributed by atoms with E-state index >= 15 is 0 Å². The van der Waals surface area contributed by atoms with E-state index in [1.807, 2.05) is 30.9 Å². The van der Waals surface area contributed by atoms with Crippen LogP contribution in [0.4, 0.5) is 5.82 Å². The Morgan fingerprint density at radius 2 is 1.82 bits per heavy atom. The third-order valence-electron chi connectivity index (χ3n) is 6.31. The van der Waals surface area contributed by atoms with Crippen LogP contribution in [0.15, 0.2) is 18.3 Å². The van der Waals surface area contributed by atoms with Crippen LogP contribution in [0.3, 0.4) is 0 Å². The molecule has 0 amide bonds. The molecule has 0 unspecified atom stereocenters. The van der Waals surface area contributed by atoms with Gasteiger partial charge in [0, 0.05) is 37.9 Å². The van der Waals surface area contributed by atoms with Crippen LogP contribution in [0.1, 0.15) is 45.7 Å². The largest absolute Gasteiger partial charge is 0.366 e. The first-order valence-electron chi connectivity index (χ1n) is 10.6. The van der Waals surface area contributed by atoms with Gasteiger partial charge >= 0.3 is 0 Å². The zero-order valence-corrected chi connectivity index (χ0v) is 17.9. The van der Waals surface area contributed by atoms with Crippen molar-refractivity contribution in [1.29, 1.82) is 0 Å². The molecule has 2 aromatic rings. The van der Waals surface area contributed by atoms with Crippen LogP contribution >= 0.6 is 0 Å². The van der Waals surface area contributed by atoms with Gasteiger partial charge in [-0.1, -0.05) is 20.8 Å². The van der Waals surface area contributed by atoms with Crippen LogP contribution in [0.2, 0.25) is 0 Å².